The van der Waals surface area contributed by atoms with Crippen LogP contribution in [0, 0.1) is 5.82 Å². The van der Waals surface area contributed by atoms with Crippen molar-refractivity contribution < 1.29 is 17.6 Å². The molecule has 3 N–H and O–H groups in total. The molecule has 1 aromatic heterocycles. The van der Waals surface area contributed by atoms with Gasteiger partial charge >= 0.3 is 0 Å². The summed E-state index contributed by atoms with van der Waals surface area (Å²) in [6, 6.07) is 9.03. The quantitative estimate of drug-likeness (QED) is 0.700. The zero-order chi connectivity index (χ0) is 19.8. The Labute approximate surface area is 156 Å². The number of rotatable bonds is 5. The molecule has 0 fully saturated rings. The van der Waals surface area contributed by atoms with Crippen LogP contribution in [-0.4, -0.2) is 25.6 Å². The molecule has 0 saturated carbocycles. The number of amides is 1. The van der Waals surface area contributed by atoms with Gasteiger partial charge in [-0.05, 0) is 42.3 Å². The topological polar surface area (TPSA) is 102 Å². The molecule has 3 aromatic rings. The number of primary amides is 1. The van der Waals surface area contributed by atoms with Gasteiger partial charge in [0, 0.05) is 23.5 Å². The van der Waals surface area contributed by atoms with Crippen LogP contribution >= 0.6 is 0 Å². The lowest BCUT2D eigenvalue weighted by Crippen LogP contribution is -2.15. The highest BCUT2D eigenvalue weighted by molar-refractivity contribution is 7.91. The Bertz CT molecular complexity index is 1160. The van der Waals surface area contributed by atoms with E-state index in [0.29, 0.717) is 23.2 Å². The number of sulfone groups is 1. The molecule has 3 rings (SSSR count). The summed E-state index contributed by atoms with van der Waals surface area (Å²) in [5.74, 6) is -1.18. The summed E-state index contributed by atoms with van der Waals surface area (Å²) in [6.07, 6.45) is 2.91. The number of aryl methyl sites for hydroxylation is 1. The van der Waals surface area contributed by atoms with Gasteiger partial charge in [0.05, 0.1) is 21.7 Å². The van der Waals surface area contributed by atoms with Crippen molar-refractivity contribution in [3.05, 3.63) is 59.5 Å². The van der Waals surface area contributed by atoms with Crippen molar-refractivity contribution >= 4 is 38.0 Å². The molecule has 140 valence electrons. The molecule has 1 amide bonds. The predicted molar refractivity (Wildman–Crippen MR) is 102 cm³/mol. The molecule has 0 bridgehead atoms. The first-order valence-corrected chi connectivity index (χ1v) is 10.1. The van der Waals surface area contributed by atoms with E-state index in [4.69, 9.17) is 5.73 Å². The Hall–Kier alpha value is -3.00. The number of hydrogen-bond donors (Lipinski definition) is 2. The second kappa shape index (κ2) is 6.96. The summed E-state index contributed by atoms with van der Waals surface area (Å²) in [6.45, 7) is 1.89. The van der Waals surface area contributed by atoms with Gasteiger partial charge in [-0.15, -0.1) is 0 Å². The van der Waals surface area contributed by atoms with Crippen LogP contribution < -0.4 is 11.1 Å². The van der Waals surface area contributed by atoms with Gasteiger partial charge in [-0.2, -0.15) is 0 Å². The number of nitrogens with two attached hydrogens (primary N) is 1. The summed E-state index contributed by atoms with van der Waals surface area (Å²) in [5, 5.41) is 3.42. The van der Waals surface area contributed by atoms with Gasteiger partial charge in [-0.1, -0.05) is 13.0 Å². The van der Waals surface area contributed by atoms with Crippen LogP contribution in [-0.2, 0) is 16.3 Å². The summed E-state index contributed by atoms with van der Waals surface area (Å²) in [4.78, 5) is 16.1. The van der Waals surface area contributed by atoms with Crippen molar-refractivity contribution in [2.75, 3.05) is 11.6 Å². The maximum Gasteiger partial charge on any atom is 0.252 e. The van der Waals surface area contributed by atoms with Gasteiger partial charge in [0.1, 0.15) is 5.82 Å². The standard InChI is InChI=1S/C19H18FN3O3S/c1-3-11-7-14-17(23-13-6-4-5-12(20)9-13)15(19(21)24)10-22-18(14)16(8-11)27(2,25)26/h4-10H,3H2,1-2H3,(H2,21,24)(H,22,23). The number of anilines is 2. The van der Waals surface area contributed by atoms with Crippen molar-refractivity contribution in [2.45, 2.75) is 18.2 Å². The van der Waals surface area contributed by atoms with Crippen LogP contribution in [0.1, 0.15) is 22.8 Å². The summed E-state index contributed by atoms with van der Waals surface area (Å²) in [7, 11) is -3.56. The Morgan fingerprint density at radius 3 is 2.59 bits per heavy atom. The smallest absolute Gasteiger partial charge is 0.252 e. The third-order valence-electron chi connectivity index (χ3n) is 4.16. The van der Waals surface area contributed by atoms with Crippen LogP contribution in [0.15, 0.2) is 47.5 Å². The number of aromatic nitrogens is 1. The van der Waals surface area contributed by atoms with E-state index in [1.54, 1.807) is 18.2 Å². The zero-order valence-corrected chi connectivity index (χ0v) is 15.6. The second-order valence-corrected chi connectivity index (χ2v) is 8.15. The number of benzene rings is 2. The summed E-state index contributed by atoms with van der Waals surface area (Å²) in [5.41, 5.74) is 7.22. The highest BCUT2D eigenvalue weighted by atomic mass is 32.2. The van der Waals surface area contributed by atoms with Gasteiger partial charge in [-0.25, -0.2) is 12.8 Å². The van der Waals surface area contributed by atoms with E-state index in [0.717, 1.165) is 11.8 Å². The molecular weight excluding hydrogens is 369 g/mol. The van der Waals surface area contributed by atoms with E-state index < -0.39 is 21.6 Å². The first-order chi connectivity index (χ1) is 12.7. The van der Waals surface area contributed by atoms with Crippen molar-refractivity contribution in [1.82, 2.24) is 4.98 Å². The van der Waals surface area contributed by atoms with E-state index >= 15 is 0 Å². The van der Waals surface area contributed by atoms with Crippen LogP contribution in [0.5, 0.6) is 0 Å². The van der Waals surface area contributed by atoms with Crippen LogP contribution in [0.25, 0.3) is 10.9 Å². The molecule has 0 atom stereocenters. The molecule has 0 aliphatic heterocycles. The summed E-state index contributed by atoms with van der Waals surface area (Å²) >= 11 is 0. The van der Waals surface area contributed by atoms with Crippen molar-refractivity contribution in [1.29, 1.82) is 0 Å². The van der Waals surface area contributed by atoms with Crippen LogP contribution in [0.3, 0.4) is 0 Å². The molecule has 0 saturated heterocycles. The van der Waals surface area contributed by atoms with Gasteiger partial charge in [-0.3, -0.25) is 9.78 Å². The molecule has 0 unspecified atom stereocenters. The molecule has 2 aromatic carbocycles. The fourth-order valence-corrected chi connectivity index (χ4v) is 3.73. The second-order valence-electron chi connectivity index (χ2n) is 6.16. The Balaban J connectivity index is 2.37. The lowest BCUT2D eigenvalue weighted by Gasteiger charge is -2.16. The van der Waals surface area contributed by atoms with Gasteiger partial charge < -0.3 is 11.1 Å². The third kappa shape index (κ3) is 3.75. The molecule has 6 nitrogen and oxygen atoms in total. The maximum atomic E-state index is 13.6. The summed E-state index contributed by atoms with van der Waals surface area (Å²) < 4.78 is 38.1. The number of nitrogens with zero attached hydrogens (tertiary/aromatic N) is 1. The van der Waals surface area contributed by atoms with E-state index in [9.17, 15) is 17.6 Å². The number of nitrogens with one attached hydrogen (secondary N) is 1. The number of fused-ring (bicyclic) bond motifs is 1. The largest absolute Gasteiger partial charge is 0.365 e. The molecule has 1 heterocycles. The van der Waals surface area contributed by atoms with E-state index in [1.165, 1.54) is 24.4 Å². The predicted octanol–water partition coefficient (Wildman–Crippen LogP) is 3.18. The van der Waals surface area contributed by atoms with Gasteiger partial charge in [0.15, 0.2) is 9.84 Å². The molecule has 27 heavy (non-hydrogen) atoms. The lowest BCUT2D eigenvalue weighted by molar-refractivity contribution is 0.100. The highest BCUT2D eigenvalue weighted by Crippen LogP contribution is 2.33. The van der Waals surface area contributed by atoms with Crippen molar-refractivity contribution in [2.24, 2.45) is 5.73 Å². The van der Waals surface area contributed by atoms with E-state index in [-0.39, 0.29) is 16.0 Å². The Kier molecular flexibility index (Phi) is 4.84. The number of hydrogen-bond acceptors (Lipinski definition) is 5. The number of halogens is 1. The molecule has 8 heteroatoms. The first kappa shape index (κ1) is 18.8. The lowest BCUT2D eigenvalue weighted by atomic mass is 10.0. The fraction of sp³-hybridized carbons (Fsp3) is 0.158. The normalized spacial score (nSPS) is 11.5. The van der Waals surface area contributed by atoms with Crippen molar-refractivity contribution in [3.8, 4) is 0 Å². The van der Waals surface area contributed by atoms with Crippen LogP contribution in [0.4, 0.5) is 15.8 Å². The molecule has 0 aliphatic rings. The minimum atomic E-state index is -3.56. The Morgan fingerprint density at radius 1 is 1.26 bits per heavy atom. The van der Waals surface area contributed by atoms with Crippen molar-refractivity contribution in [3.63, 3.8) is 0 Å². The van der Waals surface area contributed by atoms with E-state index in [1.807, 2.05) is 6.92 Å². The maximum absolute atomic E-state index is 13.6. The molecule has 0 aliphatic carbocycles. The van der Waals surface area contributed by atoms with E-state index in [2.05, 4.69) is 10.3 Å². The molecular formula is C19H18FN3O3S. The average Bonchev–Trinajstić information content (AvgIpc) is 2.60. The van der Waals surface area contributed by atoms with Crippen LogP contribution in [0.2, 0.25) is 0 Å². The minimum absolute atomic E-state index is 0.0650. The number of carbonyl (C=O) groups is 1. The highest BCUT2D eigenvalue weighted by Gasteiger charge is 2.20. The third-order valence-corrected chi connectivity index (χ3v) is 5.27. The number of carbonyl (C=O) groups excluding carboxylic acids is 1. The monoisotopic (exact) mass is 387 g/mol. The van der Waals surface area contributed by atoms with Gasteiger partial charge in [0.2, 0.25) is 0 Å². The first-order valence-electron chi connectivity index (χ1n) is 8.18. The fourth-order valence-electron chi connectivity index (χ4n) is 2.85. The Morgan fingerprint density at radius 2 is 2.00 bits per heavy atom. The zero-order valence-electron chi connectivity index (χ0n) is 14.8. The number of pyridine rings is 1. The minimum Gasteiger partial charge on any atom is -0.365 e. The SMILES string of the molecule is CCc1cc(S(C)(=O)=O)c2ncc(C(N)=O)c(Nc3cccc(F)c3)c2c1. The molecule has 0 spiro atoms. The van der Waals surface area contributed by atoms with Gasteiger partial charge in [0.25, 0.3) is 5.91 Å². The molecule has 0 radical (unpaired) electrons. The average molecular weight is 387 g/mol.